The summed E-state index contributed by atoms with van der Waals surface area (Å²) in [6.07, 6.45) is -10.5. The summed E-state index contributed by atoms with van der Waals surface area (Å²) < 4.78 is 28.4. The largest absolute Gasteiger partial charge is 0.480 e. The molecule has 0 spiro atoms. The van der Waals surface area contributed by atoms with Crippen LogP contribution in [0.25, 0.3) is 0 Å². The number of carbonyl (C=O) groups excluding carboxylic acids is 16. The Kier molecular flexibility index (Phi) is 35.2. The fourth-order valence-corrected chi connectivity index (χ4v) is 13.0. The highest BCUT2D eigenvalue weighted by Crippen LogP contribution is 2.38. The maximum atomic E-state index is 15.9. The van der Waals surface area contributed by atoms with Gasteiger partial charge in [0.05, 0.1) is 25.1 Å². The number of carbonyl (C=O) groups is 17. The lowest BCUT2D eigenvalue weighted by Gasteiger charge is -2.46. The summed E-state index contributed by atoms with van der Waals surface area (Å²) in [4.78, 5) is 236. The molecule has 35 heteroatoms. The summed E-state index contributed by atoms with van der Waals surface area (Å²) in [6, 6.07) is 10.8. The normalized spacial score (nSPS) is 19.2. The monoisotopic (exact) mass is 1590 g/mol. The van der Waals surface area contributed by atoms with Crippen molar-refractivity contribution in [2.45, 2.75) is 252 Å². The van der Waals surface area contributed by atoms with Crippen LogP contribution in [0.2, 0.25) is 0 Å². The molecule has 0 bridgehead atoms. The minimum absolute atomic E-state index is 0.100. The van der Waals surface area contributed by atoms with Crippen LogP contribution < -0.4 is 58.5 Å². The molecule has 624 valence electrons. The van der Waals surface area contributed by atoms with E-state index in [1.54, 1.807) is 139 Å². The zero-order valence-corrected chi connectivity index (χ0v) is 67.2. The van der Waals surface area contributed by atoms with E-state index >= 15 is 14.4 Å². The summed E-state index contributed by atoms with van der Waals surface area (Å²) in [6.45, 7) is 21.4. The Hall–Kier alpha value is -11.4. The fraction of sp³-hybridized carbons (Fsp3) is 0.557. The number of aliphatic carboxylic acids is 1. The SMILES string of the molecule is CC[C@H](C)[C@H](NC(=O)[C@H](C)NC(=O)CNC(=O)[C@H](CCC(=O)NC(c1ccccc1)(c1ccccc1)c1ccccc1)NC(=O)[C@H](C[C@H]1O[C@H](COC(C)=O)[C@H](OC(C)=O)[C@H](OC(C)=O)[C@H]1NC(C)=O)N1C(=O)CC(NC(=O)[C@H](CC(C)C)NC(=O)[C@H](C)NC(=O)[C@H](C)NC(=O)[C@H](CC(C)C)NC(=O)OC(C)(C)C)C1=O)C(=O)O. The van der Waals surface area contributed by atoms with Gasteiger partial charge in [-0.25, -0.2) is 9.59 Å². The number of nitrogens with zero attached hydrogens (tertiary/aromatic N) is 1. The van der Waals surface area contributed by atoms with Gasteiger partial charge in [0.15, 0.2) is 12.2 Å². The van der Waals surface area contributed by atoms with E-state index in [2.05, 4.69) is 58.5 Å². The molecule has 0 radical (unpaired) electrons. The van der Waals surface area contributed by atoms with Crippen LogP contribution >= 0.6 is 0 Å². The number of amides is 13. The number of carboxylic acid groups (broad SMARTS) is 1. The van der Waals surface area contributed by atoms with E-state index in [0.717, 1.165) is 27.7 Å². The van der Waals surface area contributed by atoms with E-state index in [0.29, 0.717) is 28.0 Å². The Morgan fingerprint density at radius 1 is 0.544 bits per heavy atom. The molecule has 0 aliphatic carbocycles. The molecule has 3 aromatic rings. The Morgan fingerprint density at radius 3 is 1.51 bits per heavy atom. The van der Waals surface area contributed by atoms with Crippen molar-refractivity contribution in [3.05, 3.63) is 108 Å². The summed E-state index contributed by atoms with van der Waals surface area (Å²) in [5.74, 6) is -17.3. The molecule has 0 saturated carbocycles. The zero-order valence-electron chi connectivity index (χ0n) is 67.2. The maximum absolute atomic E-state index is 15.9. The van der Waals surface area contributed by atoms with Crippen molar-refractivity contribution in [1.29, 1.82) is 0 Å². The lowest BCUT2D eigenvalue weighted by molar-refractivity contribution is -0.225. The molecule has 2 fully saturated rings. The molecule has 2 aliphatic heterocycles. The van der Waals surface area contributed by atoms with Crippen LogP contribution in [0.4, 0.5) is 4.79 Å². The number of rotatable bonds is 39. The number of likely N-dealkylation sites (tertiary alicyclic amines) is 1. The van der Waals surface area contributed by atoms with Gasteiger partial charge in [-0.2, -0.15) is 0 Å². The van der Waals surface area contributed by atoms with Gasteiger partial charge in [-0.1, -0.05) is 139 Å². The van der Waals surface area contributed by atoms with Gasteiger partial charge in [0, 0.05) is 40.5 Å². The molecule has 2 heterocycles. The maximum Gasteiger partial charge on any atom is 0.408 e. The molecule has 2 saturated heterocycles. The second kappa shape index (κ2) is 43.0. The molecule has 0 aromatic heterocycles. The zero-order chi connectivity index (χ0) is 85.2. The molecule has 3 aromatic carbocycles. The lowest BCUT2D eigenvalue weighted by atomic mass is 9.77. The first-order valence-corrected chi connectivity index (χ1v) is 37.8. The predicted molar refractivity (Wildman–Crippen MR) is 408 cm³/mol. The van der Waals surface area contributed by atoms with E-state index in [4.69, 9.17) is 23.7 Å². The molecule has 13 amide bonds. The second-order valence-corrected chi connectivity index (χ2v) is 30.2. The average molecular weight is 1600 g/mol. The first kappa shape index (κ1) is 93.2. The van der Waals surface area contributed by atoms with Crippen LogP contribution in [0.3, 0.4) is 0 Å². The fourth-order valence-electron chi connectivity index (χ4n) is 13.0. The smallest absolute Gasteiger partial charge is 0.408 e. The minimum atomic E-state index is -2.25. The van der Waals surface area contributed by atoms with Crippen LogP contribution in [0.15, 0.2) is 91.0 Å². The average Bonchev–Trinajstić information content (AvgIpc) is 0.897. The molecule has 1 unspecified atom stereocenters. The van der Waals surface area contributed by atoms with E-state index in [1.807, 2.05) is 13.8 Å². The Morgan fingerprint density at radius 2 is 1.03 bits per heavy atom. The van der Waals surface area contributed by atoms with Crippen molar-refractivity contribution in [3.63, 3.8) is 0 Å². The van der Waals surface area contributed by atoms with Crippen molar-refractivity contribution in [2.75, 3.05) is 13.2 Å². The molecule has 5 rings (SSSR count). The minimum Gasteiger partial charge on any atom is -0.480 e. The molecule has 114 heavy (non-hydrogen) atoms. The van der Waals surface area contributed by atoms with Gasteiger partial charge < -0.3 is 87.3 Å². The van der Waals surface area contributed by atoms with Gasteiger partial charge in [0.2, 0.25) is 65.0 Å². The standard InChI is InChI=1S/C79H110N12O23/c1-17-43(6)64(76(107)108)89-70(101)44(7)81-62(97)39-80-71(102)54(33-34-61(96)90-79(51-27-21-18-22-28-51,52-29-23-19-24-30-52)53-31-25-20-26-32-53)85-74(105)58(38-59-65(84-47(10)92)67(112-50(13)95)66(111-49(12)94)60(113-59)40-110-48(11)93)91-63(98)37-57(75(91)106)87-73(104)55(35-41(2)3)86-69(100)46(9)82-68(99)45(8)83-72(103)56(36-42(4)5)88-77(109)114-78(14,15)16/h18-32,41-46,54-60,64-67H,17,33-40H2,1-16H3,(H,80,102)(H,81,97)(H,82,99)(H,83,103)(H,84,92)(H,85,105)(H,86,100)(H,87,104)(H,88,109)(H,89,101)(H,90,96)(H,107,108)/t43-,44-,45-,46-,54-,55-,56-,57?,58-,59+,60+,64-,65-,66-,67+/m0/s1. The number of carboxylic acids is 1. The third kappa shape index (κ3) is 27.8. The van der Waals surface area contributed by atoms with Gasteiger partial charge in [0.25, 0.3) is 5.91 Å². The number of alkyl carbamates (subject to hydrolysis) is 1. The highest BCUT2D eigenvalue weighted by Gasteiger charge is 2.55. The van der Waals surface area contributed by atoms with E-state index < -0.39 is 242 Å². The summed E-state index contributed by atoms with van der Waals surface area (Å²) in [7, 11) is 0. The van der Waals surface area contributed by atoms with E-state index in [9.17, 15) is 72.2 Å². The number of esters is 3. The van der Waals surface area contributed by atoms with Crippen LogP contribution in [-0.4, -0.2) is 214 Å². The van der Waals surface area contributed by atoms with Gasteiger partial charge in [-0.3, -0.25) is 76.8 Å². The van der Waals surface area contributed by atoms with E-state index in [-0.39, 0.29) is 24.7 Å². The molecular formula is C79H110N12O23. The molecule has 15 atom stereocenters. The summed E-state index contributed by atoms with van der Waals surface area (Å²) in [5.41, 5.74) is -0.566. The summed E-state index contributed by atoms with van der Waals surface area (Å²) >= 11 is 0. The quantitative estimate of drug-likeness (QED) is 0.0168. The third-order valence-electron chi connectivity index (χ3n) is 18.6. The first-order chi connectivity index (χ1) is 53.5. The number of nitrogens with one attached hydrogen (secondary N) is 11. The first-order valence-electron chi connectivity index (χ1n) is 37.8. The number of benzene rings is 3. The van der Waals surface area contributed by atoms with Gasteiger partial charge in [0.1, 0.15) is 78.2 Å². The van der Waals surface area contributed by atoms with Crippen LogP contribution in [0.5, 0.6) is 0 Å². The molecular weight excluding hydrogens is 1480 g/mol. The topological polar surface area (TPSA) is 492 Å². The summed E-state index contributed by atoms with van der Waals surface area (Å²) in [5, 5.41) is 37.9. The second-order valence-electron chi connectivity index (χ2n) is 30.2. The van der Waals surface area contributed by atoms with Crippen LogP contribution in [0.1, 0.15) is 172 Å². The number of ether oxygens (including phenoxy) is 5. The molecule has 2 aliphatic rings. The highest BCUT2D eigenvalue weighted by molar-refractivity contribution is 6.10. The Balaban J connectivity index is 1.59. The van der Waals surface area contributed by atoms with Crippen molar-refractivity contribution in [3.8, 4) is 0 Å². The van der Waals surface area contributed by atoms with Crippen molar-refractivity contribution in [1.82, 2.24) is 63.4 Å². The molecule has 35 nitrogen and oxygen atoms in total. The van der Waals surface area contributed by atoms with Gasteiger partial charge >= 0.3 is 30.0 Å². The van der Waals surface area contributed by atoms with Crippen molar-refractivity contribution >= 4 is 101 Å². The van der Waals surface area contributed by atoms with Crippen LogP contribution in [0, 0.1) is 17.8 Å². The number of hydrogen-bond acceptors (Lipinski definition) is 22. The van der Waals surface area contributed by atoms with Crippen LogP contribution in [-0.2, 0) is 106 Å². The van der Waals surface area contributed by atoms with E-state index in [1.165, 1.54) is 20.8 Å². The molecule has 12 N–H and O–H groups in total. The predicted octanol–water partition coefficient (Wildman–Crippen LogP) is 1.78. The lowest BCUT2D eigenvalue weighted by Crippen LogP contribution is -2.67. The van der Waals surface area contributed by atoms with Crippen molar-refractivity contribution < 1.29 is 110 Å². The highest BCUT2D eigenvalue weighted by atomic mass is 16.6. The number of hydrogen-bond donors (Lipinski definition) is 12. The Bertz CT molecular complexity index is 3840. The van der Waals surface area contributed by atoms with Crippen molar-refractivity contribution in [2.24, 2.45) is 17.8 Å². The Labute approximate surface area is 662 Å². The van der Waals surface area contributed by atoms with Gasteiger partial charge in [-0.15, -0.1) is 0 Å². The number of imide groups is 1. The van der Waals surface area contributed by atoms with Gasteiger partial charge in [-0.05, 0) is 95.2 Å². The third-order valence-corrected chi connectivity index (χ3v) is 18.6.